The number of hydrogen-bond donors (Lipinski definition) is 2. The summed E-state index contributed by atoms with van der Waals surface area (Å²) in [5.74, 6) is 1.33. The molecule has 0 aliphatic heterocycles. The third-order valence-electron chi connectivity index (χ3n) is 3.50. The van der Waals surface area contributed by atoms with Crippen molar-refractivity contribution in [2.75, 3.05) is 11.9 Å². The molecule has 116 valence electrons. The van der Waals surface area contributed by atoms with Crippen molar-refractivity contribution in [1.82, 2.24) is 15.0 Å². The Balaban J connectivity index is 1.89. The van der Waals surface area contributed by atoms with E-state index >= 15 is 0 Å². The summed E-state index contributed by atoms with van der Waals surface area (Å²) in [5, 5.41) is 13.0. The van der Waals surface area contributed by atoms with E-state index < -0.39 is 0 Å². The zero-order valence-corrected chi connectivity index (χ0v) is 12.8. The number of hydrogen-bond acceptors (Lipinski definition) is 5. The van der Waals surface area contributed by atoms with Crippen molar-refractivity contribution in [3.63, 3.8) is 0 Å². The van der Waals surface area contributed by atoms with Gasteiger partial charge in [-0.05, 0) is 24.6 Å². The quantitative estimate of drug-likeness (QED) is 0.758. The highest BCUT2D eigenvalue weighted by molar-refractivity contribution is 5.57. The lowest BCUT2D eigenvalue weighted by atomic mass is 10.1. The molecule has 0 spiro atoms. The van der Waals surface area contributed by atoms with Crippen LogP contribution in [0.25, 0.3) is 11.4 Å². The molecule has 2 aromatic heterocycles. The van der Waals surface area contributed by atoms with E-state index in [-0.39, 0.29) is 12.6 Å². The van der Waals surface area contributed by atoms with Crippen LogP contribution in [0.2, 0.25) is 0 Å². The van der Waals surface area contributed by atoms with Crippen molar-refractivity contribution in [1.29, 1.82) is 0 Å². The second-order valence-electron chi connectivity index (χ2n) is 5.24. The molecule has 3 aromatic rings. The van der Waals surface area contributed by atoms with E-state index in [2.05, 4.69) is 20.3 Å². The molecule has 2 heterocycles. The molecule has 0 aliphatic rings. The number of rotatable bonds is 5. The Morgan fingerprint density at radius 3 is 2.48 bits per heavy atom. The fraction of sp³-hybridized carbons (Fsp3) is 0.167. The molecule has 2 N–H and O–H groups in total. The summed E-state index contributed by atoms with van der Waals surface area (Å²) in [6, 6.07) is 15.2. The number of benzene rings is 1. The predicted molar refractivity (Wildman–Crippen MR) is 89.9 cm³/mol. The number of aliphatic hydroxyl groups is 1. The average molecular weight is 306 g/mol. The van der Waals surface area contributed by atoms with Gasteiger partial charge in [0.15, 0.2) is 5.82 Å². The minimum absolute atomic E-state index is 0.0162. The third kappa shape index (κ3) is 3.70. The first-order valence-corrected chi connectivity index (χ1v) is 7.44. The van der Waals surface area contributed by atoms with E-state index in [0.717, 1.165) is 16.8 Å². The molecule has 1 aromatic carbocycles. The number of nitrogens with zero attached hydrogens (tertiary/aromatic N) is 3. The molecule has 0 unspecified atom stereocenters. The third-order valence-corrected chi connectivity index (χ3v) is 3.50. The van der Waals surface area contributed by atoms with E-state index in [1.54, 1.807) is 12.4 Å². The monoisotopic (exact) mass is 306 g/mol. The van der Waals surface area contributed by atoms with Crippen LogP contribution in [-0.4, -0.2) is 26.7 Å². The molecule has 1 atom stereocenters. The minimum atomic E-state index is -0.212. The molecule has 0 aliphatic carbocycles. The Bertz CT molecular complexity index is 762. The van der Waals surface area contributed by atoms with Gasteiger partial charge in [-0.1, -0.05) is 30.3 Å². The summed E-state index contributed by atoms with van der Waals surface area (Å²) in [6.07, 6.45) is 3.43. The number of aromatic nitrogens is 3. The number of aliphatic hydroxyl groups excluding tert-OH is 1. The lowest BCUT2D eigenvalue weighted by Gasteiger charge is -2.18. The van der Waals surface area contributed by atoms with Crippen LogP contribution < -0.4 is 5.32 Å². The van der Waals surface area contributed by atoms with Crippen molar-refractivity contribution >= 4 is 5.82 Å². The summed E-state index contributed by atoms with van der Waals surface area (Å²) < 4.78 is 0. The maximum atomic E-state index is 9.68. The summed E-state index contributed by atoms with van der Waals surface area (Å²) in [4.78, 5) is 13.0. The highest BCUT2D eigenvalue weighted by Gasteiger charge is 2.12. The van der Waals surface area contributed by atoms with Crippen molar-refractivity contribution in [3.8, 4) is 11.4 Å². The normalized spacial score (nSPS) is 11.9. The maximum absolute atomic E-state index is 9.68. The molecule has 0 radical (unpaired) electrons. The van der Waals surface area contributed by atoms with Gasteiger partial charge in [0.25, 0.3) is 0 Å². The molecular weight excluding hydrogens is 288 g/mol. The Hall–Kier alpha value is -2.79. The van der Waals surface area contributed by atoms with Crippen LogP contribution >= 0.6 is 0 Å². The molecule has 5 nitrogen and oxygen atoms in total. The SMILES string of the molecule is Cc1cc(N[C@@H](CO)c2ccccc2)nc(-c2ccncc2)n1. The molecule has 0 saturated heterocycles. The molecule has 5 heteroatoms. The van der Waals surface area contributed by atoms with Gasteiger partial charge in [-0.25, -0.2) is 9.97 Å². The number of anilines is 1. The minimum Gasteiger partial charge on any atom is -0.394 e. The highest BCUT2D eigenvalue weighted by atomic mass is 16.3. The first-order valence-electron chi connectivity index (χ1n) is 7.44. The second kappa shape index (κ2) is 6.98. The van der Waals surface area contributed by atoms with Crippen LogP contribution in [0.5, 0.6) is 0 Å². The van der Waals surface area contributed by atoms with Crippen molar-refractivity contribution in [3.05, 3.63) is 72.2 Å². The lowest BCUT2D eigenvalue weighted by molar-refractivity contribution is 0.276. The smallest absolute Gasteiger partial charge is 0.161 e. The van der Waals surface area contributed by atoms with Gasteiger partial charge in [0.2, 0.25) is 0 Å². The van der Waals surface area contributed by atoms with Gasteiger partial charge in [0.1, 0.15) is 5.82 Å². The molecule has 0 saturated carbocycles. The van der Waals surface area contributed by atoms with Crippen LogP contribution in [0.4, 0.5) is 5.82 Å². The van der Waals surface area contributed by atoms with Gasteiger partial charge in [0.05, 0.1) is 12.6 Å². The Labute approximate surface area is 135 Å². The molecule has 0 bridgehead atoms. The van der Waals surface area contributed by atoms with Gasteiger partial charge < -0.3 is 10.4 Å². The van der Waals surface area contributed by atoms with Crippen molar-refractivity contribution in [2.45, 2.75) is 13.0 Å². The van der Waals surface area contributed by atoms with Crippen LogP contribution in [0.1, 0.15) is 17.3 Å². The highest BCUT2D eigenvalue weighted by Crippen LogP contribution is 2.21. The van der Waals surface area contributed by atoms with Gasteiger partial charge in [0, 0.05) is 29.7 Å². The van der Waals surface area contributed by atoms with Gasteiger partial charge in [-0.15, -0.1) is 0 Å². The number of nitrogens with one attached hydrogen (secondary N) is 1. The van der Waals surface area contributed by atoms with Crippen LogP contribution in [0.15, 0.2) is 60.9 Å². The molecule has 0 amide bonds. The Morgan fingerprint density at radius 1 is 1.04 bits per heavy atom. The first-order chi connectivity index (χ1) is 11.3. The van der Waals surface area contributed by atoms with E-state index in [4.69, 9.17) is 0 Å². The summed E-state index contributed by atoms with van der Waals surface area (Å²) >= 11 is 0. The van der Waals surface area contributed by atoms with E-state index in [9.17, 15) is 5.11 Å². The van der Waals surface area contributed by atoms with Crippen LogP contribution in [0, 0.1) is 6.92 Å². The topological polar surface area (TPSA) is 70.9 Å². The Kier molecular flexibility index (Phi) is 4.59. The lowest BCUT2D eigenvalue weighted by Crippen LogP contribution is -2.16. The zero-order chi connectivity index (χ0) is 16.1. The molecular formula is C18H18N4O. The van der Waals surface area contributed by atoms with Gasteiger partial charge >= 0.3 is 0 Å². The molecule has 23 heavy (non-hydrogen) atoms. The van der Waals surface area contributed by atoms with Gasteiger partial charge in [-0.2, -0.15) is 0 Å². The summed E-state index contributed by atoms with van der Waals surface area (Å²) in [7, 11) is 0. The van der Waals surface area contributed by atoms with Crippen molar-refractivity contribution in [2.24, 2.45) is 0 Å². The molecule has 0 fully saturated rings. The largest absolute Gasteiger partial charge is 0.394 e. The average Bonchev–Trinajstić information content (AvgIpc) is 2.61. The van der Waals surface area contributed by atoms with E-state index in [1.165, 1.54) is 0 Å². The van der Waals surface area contributed by atoms with Gasteiger partial charge in [-0.3, -0.25) is 4.98 Å². The summed E-state index contributed by atoms with van der Waals surface area (Å²) in [6.45, 7) is 1.91. The second-order valence-corrected chi connectivity index (χ2v) is 5.24. The fourth-order valence-corrected chi connectivity index (χ4v) is 2.37. The predicted octanol–water partition coefficient (Wildman–Crippen LogP) is 2.99. The molecule has 3 rings (SSSR count). The maximum Gasteiger partial charge on any atom is 0.161 e. The van der Waals surface area contributed by atoms with Crippen LogP contribution in [0.3, 0.4) is 0 Å². The fourth-order valence-electron chi connectivity index (χ4n) is 2.37. The van der Waals surface area contributed by atoms with E-state index in [0.29, 0.717) is 11.6 Å². The zero-order valence-electron chi connectivity index (χ0n) is 12.8. The van der Waals surface area contributed by atoms with Crippen molar-refractivity contribution < 1.29 is 5.11 Å². The standard InChI is InChI=1S/C18H18N4O/c1-13-11-17(21-16(12-23)14-5-3-2-4-6-14)22-18(20-13)15-7-9-19-10-8-15/h2-11,16,23H,12H2,1H3,(H,20,21,22)/t16-/m0/s1. The van der Waals surface area contributed by atoms with E-state index in [1.807, 2.05) is 55.5 Å². The number of pyridine rings is 1. The Morgan fingerprint density at radius 2 is 1.78 bits per heavy atom. The first kappa shape index (κ1) is 15.1. The number of aryl methyl sites for hydroxylation is 1. The summed E-state index contributed by atoms with van der Waals surface area (Å²) in [5.41, 5.74) is 2.78. The van der Waals surface area contributed by atoms with Crippen LogP contribution in [-0.2, 0) is 0 Å².